The Kier molecular flexibility index (Phi) is 5.18. The average molecular weight is 214 g/mol. The molecule has 0 spiro atoms. The van der Waals surface area contributed by atoms with E-state index in [9.17, 15) is 8.78 Å². The Bertz CT molecular complexity index is 265. The van der Waals surface area contributed by atoms with Gasteiger partial charge in [-0.25, -0.2) is 8.78 Å². The molecule has 1 heterocycles. The summed E-state index contributed by atoms with van der Waals surface area (Å²) < 4.78 is 25.3. The van der Waals surface area contributed by atoms with E-state index in [2.05, 4.69) is 10.3 Å². The van der Waals surface area contributed by atoms with Gasteiger partial charge in [-0.05, 0) is 31.0 Å². The van der Waals surface area contributed by atoms with Gasteiger partial charge in [0.15, 0.2) is 0 Å². The predicted molar refractivity (Wildman–Crippen MR) is 56.0 cm³/mol. The molecule has 1 unspecified atom stereocenters. The number of hydrogen-bond acceptors (Lipinski definition) is 2. The summed E-state index contributed by atoms with van der Waals surface area (Å²) in [5, 5.41) is 2.84. The van der Waals surface area contributed by atoms with Crippen molar-refractivity contribution in [1.82, 2.24) is 10.3 Å². The summed E-state index contributed by atoms with van der Waals surface area (Å²) in [7, 11) is 0. The molecule has 15 heavy (non-hydrogen) atoms. The van der Waals surface area contributed by atoms with E-state index < -0.39 is 12.5 Å². The minimum Gasteiger partial charge on any atom is -0.309 e. The van der Waals surface area contributed by atoms with Crippen molar-refractivity contribution in [3.8, 4) is 0 Å². The molecule has 0 saturated heterocycles. The van der Waals surface area contributed by atoms with Crippen molar-refractivity contribution in [2.45, 2.75) is 32.2 Å². The maximum Gasteiger partial charge on any atom is 0.254 e. The third-order valence-electron chi connectivity index (χ3n) is 2.14. The average Bonchev–Trinajstić information content (AvgIpc) is 2.25. The molecule has 1 rings (SSSR count). The number of pyridine rings is 1. The molecule has 4 heteroatoms. The zero-order valence-electron chi connectivity index (χ0n) is 8.79. The lowest BCUT2D eigenvalue weighted by atomic mass is 10.1. The van der Waals surface area contributed by atoms with Crippen LogP contribution in [0.5, 0.6) is 0 Å². The summed E-state index contributed by atoms with van der Waals surface area (Å²) in [6, 6.07) is 2.81. The molecular formula is C11H16F2N2. The highest BCUT2D eigenvalue weighted by molar-refractivity contribution is 5.10. The Morgan fingerprint density at radius 3 is 2.80 bits per heavy atom. The van der Waals surface area contributed by atoms with Gasteiger partial charge < -0.3 is 5.32 Å². The number of nitrogens with one attached hydrogen (secondary N) is 1. The van der Waals surface area contributed by atoms with Crippen LogP contribution >= 0.6 is 0 Å². The monoisotopic (exact) mass is 214 g/mol. The Balaban J connectivity index is 2.51. The van der Waals surface area contributed by atoms with E-state index in [4.69, 9.17) is 0 Å². The number of alkyl halides is 2. The van der Waals surface area contributed by atoms with Gasteiger partial charge in [-0.2, -0.15) is 0 Å². The second-order valence-electron chi connectivity index (χ2n) is 3.46. The number of halogens is 2. The van der Waals surface area contributed by atoms with Crippen LogP contribution < -0.4 is 5.32 Å². The molecule has 1 N–H and O–H groups in total. The molecule has 0 aliphatic rings. The highest BCUT2D eigenvalue weighted by Crippen LogP contribution is 2.08. The van der Waals surface area contributed by atoms with Gasteiger partial charge in [-0.15, -0.1) is 0 Å². The van der Waals surface area contributed by atoms with Crippen LogP contribution in [0.1, 0.15) is 18.9 Å². The van der Waals surface area contributed by atoms with Crippen molar-refractivity contribution in [2.24, 2.45) is 0 Å². The second kappa shape index (κ2) is 6.45. The first-order chi connectivity index (χ1) is 7.24. The van der Waals surface area contributed by atoms with Crippen molar-refractivity contribution in [3.63, 3.8) is 0 Å². The van der Waals surface area contributed by atoms with E-state index in [0.29, 0.717) is 13.0 Å². The Morgan fingerprint density at radius 1 is 1.47 bits per heavy atom. The van der Waals surface area contributed by atoms with Crippen LogP contribution in [0.3, 0.4) is 0 Å². The van der Waals surface area contributed by atoms with Gasteiger partial charge >= 0.3 is 0 Å². The van der Waals surface area contributed by atoms with Crippen molar-refractivity contribution >= 4 is 0 Å². The smallest absolute Gasteiger partial charge is 0.254 e. The van der Waals surface area contributed by atoms with Gasteiger partial charge in [0.25, 0.3) is 6.43 Å². The maximum atomic E-state index is 12.6. The third-order valence-corrected chi connectivity index (χ3v) is 2.14. The molecule has 0 aromatic carbocycles. The maximum absolute atomic E-state index is 12.6. The fourth-order valence-corrected chi connectivity index (χ4v) is 1.35. The van der Waals surface area contributed by atoms with Crippen LogP contribution in [0, 0.1) is 0 Å². The topological polar surface area (TPSA) is 24.9 Å². The Morgan fingerprint density at radius 2 is 2.27 bits per heavy atom. The minimum atomic E-state index is -2.34. The Labute approximate surface area is 88.7 Å². The van der Waals surface area contributed by atoms with Gasteiger partial charge in [0.1, 0.15) is 0 Å². The van der Waals surface area contributed by atoms with Gasteiger partial charge in [-0.3, -0.25) is 4.98 Å². The van der Waals surface area contributed by atoms with E-state index in [1.807, 2.05) is 13.0 Å². The van der Waals surface area contributed by atoms with Gasteiger partial charge in [0.05, 0.1) is 6.04 Å². The van der Waals surface area contributed by atoms with Crippen LogP contribution in [0.25, 0.3) is 0 Å². The van der Waals surface area contributed by atoms with Crippen LogP contribution in [0.15, 0.2) is 24.5 Å². The quantitative estimate of drug-likeness (QED) is 0.785. The first kappa shape index (κ1) is 12.0. The van der Waals surface area contributed by atoms with Gasteiger partial charge in [0.2, 0.25) is 0 Å². The molecule has 84 valence electrons. The lowest BCUT2D eigenvalue weighted by molar-refractivity contribution is 0.0983. The molecule has 0 bridgehead atoms. The van der Waals surface area contributed by atoms with Gasteiger partial charge in [-0.1, -0.05) is 13.0 Å². The highest BCUT2D eigenvalue weighted by atomic mass is 19.3. The van der Waals surface area contributed by atoms with Crippen molar-refractivity contribution in [1.29, 1.82) is 0 Å². The summed E-state index contributed by atoms with van der Waals surface area (Å²) in [5.41, 5.74) is 0.839. The van der Waals surface area contributed by atoms with Crippen LogP contribution in [-0.2, 0) is 6.42 Å². The molecule has 0 saturated carbocycles. The summed E-state index contributed by atoms with van der Waals surface area (Å²) in [6.45, 7) is 2.58. The number of aromatic nitrogens is 1. The van der Waals surface area contributed by atoms with Crippen LogP contribution in [-0.4, -0.2) is 24.0 Å². The molecule has 1 aromatic heterocycles. The number of rotatable bonds is 6. The van der Waals surface area contributed by atoms with Crippen molar-refractivity contribution in [3.05, 3.63) is 30.1 Å². The molecule has 0 aliphatic carbocycles. The number of hydrogen-bond donors (Lipinski definition) is 1. The molecule has 1 atom stereocenters. The first-order valence-corrected chi connectivity index (χ1v) is 5.14. The van der Waals surface area contributed by atoms with Crippen molar-refractivity contribution in [2.75, 3.05) is 6.54 Å². The SMILES string of the molecule is CCCNC(Cc1cccnc1)C(F)F. The molecule has 0 fully saturated rings. The molecular weight excluding hydrogens is 198 g/mol. The lowest BCUT2D eigenvalue weighted by Gasteiger charge is -2.17. The molecule has 0 radical (unpaired) electrons. The zero-order valence-corrected chi connectivity index (χ0v) is 8.79. The molecule has 0 amide bonds. The first-order valence-electron chi connectivity index (χ1n) is 5.14. The van der Waals surface area contributed by atoms with E-state index in [1.54, 1.807) is 18.5 Å². The Hall–Kier alpha value is -1.03. The predicted octanol–water partition coefficient (Wildman–Crippen LogP) is 2.26. The molecule has 0 aliphatic heterocycles. The normalized spacial score (nSPS) is 13.1. The standard InChI is InChI=1S/C11H16F2N2/c1-2-5-15-10(11(12)13)7-9-4-3-6-14-8-9/h3-4,6,8,10-11,15H,2,5,7H2,1H3. The summed E-state index contributed by atoms with van der Waals surface area (Å²) in [6.07, 6.45) is 2.11. The van der Waals surface area contributed by atoms with E-state index >= 15 is 0 Å². The van der Waals surface area contributed by atoms with E-state index in [-0.39, 0.29) is 0 Å². The molecule has 1 aromatic rings. The largest absolute Gasteiger partial charge is 0.309 e. The van der Waals surface area contributed by atoms with Crippen LogP contribution in [0.2, 0.25) is 0 Å². The second-order valence-corrected chi connectivity index (χ2v) is 3.46. The summed E-state index contributed by atoms with van der Waals surface area (Å²) >= 11 is 0. The fourth-order valence-electron chi connectivity index (χ4n) is 1.35. The van der Waals surface area contributed by atoms with E-state index in [0.717, 1.165) is 12.0 Å². The van der Waals surface area contributed by atoms with Crippen LogP contribution in [0.4, 0.5) is 8.78 Å². The molecule has 2 nitrogen and oxygen atoms in total. The zero-order chi connectivity index (χ0) is 11.1. The third kappa shape index (κ3) is 4.34. The lowest BCUT2D eigenvalue weighted by Crippen LogP contribution is -2.37. The fraction of sp³-hybridized carbons (Fsp3) is 0.545. The summed E-state index contributed by atoms with van der Waals surface area (Å²) in [4.78, 5) is 3.90. The van der Waals surface area contributed by atoms with E-state index in [1.165, 1.54) is 0 Å². The summed E-state index contributed by atoms with van der Waals surface area (Å²) in [5.74, 6) is 0. The number of nitrogens with zero attached hydrogens (tertiary/aromatic N) is 1. The minimum absolute atomic E-state index is 0.325. The van der Waals surface area contributed by atoms with Crippen molar-refractivity contribution < 1.29 is 8.78 Å². The van der Waals surface area contributed by atoms with Gasteiger partial charge in [0, 0.05) is 12.4 Å². The highest BCUT2D eigenvalue weighted by Gasteiger charge is 2.19.